The lowest BCUT2D eigenvalue weighted by molar-refractivity contribution is 0.482. The fraction of sp³-hybridized carbons (Fsp3) is 0.667. The number of benzene rings is 1. The number of rotatable bonds is 6. The largest absolute Gasteiger partial charge is 0.313 e. The van der Waals surface area contributed by atoms with Crippen LogP contribution in [0.1, 0.15) is 49.3 Å². The Morgan fingerprint density at radius 3 is 2.95 bits per heavy atom. The summed E-state index contributed by atoms with van der Waals surface area (Å²) in [6, 6.07) is 7.92. The maximum Gasteiger partial charge on any atom is 0.0226 e. The van der Waals surface area contributed by atoms with Crippen molar-refractivity contribution in [3.63, 3.8) is 0 Å². The van der Waals surface area contributed by atoms with Gasteiger partial charge in [-0.1, -0.05) is 25.1 Å². The van der Waals surface area contributed by atoms with Gasteiger partial charge < -0.3 is 5.32 Å². The highest BCUT2D eigenvalue weighted by atomic mass is 32.2. The second kappa shape index (κ2) is 7.00. The summed E-state index contributed by atoms with van der Waals surface area (Å²) in [5.41, 5.74) is 4.77. The fourth-order valence-corrected chi connectivity index (χ4v) is 4.98. The van der Waals surface area contributed by atoms with Gasteiger partial charge in [-0.05, 0) is 73.9 Å². The van der Waals surface area contributed by atoms with Crippen LogP contribution in [-0.4, -0.2) is 23.6 Å². The van der Waals surface area contributed by atoms with E-state index in [0.29, 0.717) is 6.04 Å². The number of fused-ring (bicyclic) bond motifs is 1. The highest BCUT2D eigenvalue weighted by molar-refractivity contribution is 8.00. The van der Waals surface area contributed by atoms with Crippen molar-refractivity contribution in [2.75, 3.05) is 12.3 Å². The fourth-order valence-electron chi connectivity index (χ4n) is 3.59. The van der Waals surface area contributed by atoms with E-state index >= 15 is 0 Å². The molecule has 20 heavy (non-hydrogen) atoms. The molecule has 110 valence electrons. The predicted octanol–water partition coefficient (Wildman–Crippen LogP) is 3.98. The minimum absolute atomic E-state index is 0.668. The third-order valence-corrected chi connectivity index (χ3v) is 6.21. The van der Waals surface area contributed by atoms with Gasteiger partial charge in [0.15, 0.2) is 0 Å². The van der Waals surface area contributed by atoms with Gasteiger partial charge in [-0.3, -0.25) is 0 Å². The Hall–Kier alpha value is -0.470. The van der Waals surface area contributed by atoms with Gasteiger partial charge in [-0.25, -0.2) is 0 Å². The van der Waals surface area contributed by atoms with E-state index in [1.807, 2.05) is 0 Å². The predicted molar refractivity (Wildman–Crippen MR) is 89.7 cm³/mol. The number of thioether (sulfide) groups is 1. The van der Waals surface area contributed by atoms with E-state index in [1.165, 1.54) is 50.7 Å². The number of nitrogens with one attached hydrogen (secondary N) is 1. The molecule has 1 aliphatic heterocycles. The molecule has 0 amide bonds. The summed E-state index contributed by atoms with van der Waals surface area (Å²) in [6.45, 7) is 3.42. The lowest BCUT2D eigenvalue weighted by atomic mass is 9.97. The average Bonchev–Trinajstić information content (AvgIpc) is 3.13. The monoisotopic (exact) mass is 289 g/mol. The molecule has 2 unspecified atom stereocenters. The topological polar surface area (TPSA) is 12.0 Å². The van der Waals surface area contributed by atoms with Crippen LogP contribution in [0.25, 0.3) is 0 Å². The van der Waals surface area contributed by atoms with Crippen LogP contribution >= 0.6 is 11.8 Å². The standard InChI is InChI=1S/C18H27NS/c1-2-10-19-17(18-7-4-11-20-18)13-14-8-9-15-5-3-6-16(15)12-14/h8-9,12,17-19H,2-7,10-11,13H2,1H3. The summed E-state index contributed by atoms with van der Waals surface area (Å²) < 4.78 is 0. The molecule has 0 spiro atoms. The zero-order valence-corrected chi connectivity index (χ0v) is 13.5. The van der Waals surface area contributed by atoms with E-state index in [1.54, 1.807) is 16.7 Å². The van der Waals surface area contributed by atoms with Crippen LogP contribution in [0.15, 0.2) is 18.2 Å². The zero-order valence-electron chi connectivity index (χ0n) is 12.7. The first-order valence-corrected chi connectivity index (χ1v) is 9.37. The van der Waals surface area contributed by atoms with Crippen LogP contribution in [0.3, 0.4) is 0 Å². The maximum absolute atomic E-state index is 3.81. The van der Waals surface area contributed by atoms with Gasteiger partial charge in [0.2, 0.25) is 0 Å². The van der Waals surface area contributed by atoms with E-state index in [9.17, 15) is 0 Å². The van der Waals surface area contributed by atoms with Gasteiger partial charge in [0.1, 0.15) is 0 Å². The van der Waals surface area contributed by atoms with Crippen LogP contribution in [0.5, 0.6) is 0 Å². The van der Waals surface area contributed by atoms with Crippen LogP contribution in [0.4, 0.5) is 0 Å². The molecule has 0 bridgehead atoms. The van der Waals surface area contributed by atoms with Crippen LogP contribution in [0.2, 0.25) is 0 Å². The Balaban J connectivity index is 1.68. The SMILES string of the molecule is CCCNC(Cc1ccc2c(c1)CCC2)C1CCCS1. The Labute approximate surface area is 127 Å². The number of hydrogen-bond acceptors (Lipinski definition) is 2. The molecule has 2 aliphatic rings. The van der Waals surface area contributed by atoms with Crippen molar-refractivity contribution < 1.29 is 0 Å². The highest BCUT2D eigenvalue weighted by Gasteiger charge is 2.25. The normalized spacial score (nSPS) is 22.9. The summed E-state index contributed by atoms with van der Waals surface area (Å²) >= 11 is 2.18. The van der Waals surface area contributed by atoms with Crippen molar-refractivity contribution in [3.8, 4) is 0 Å². The first-order valence-electron chi connectivity index (χ1n) is 8.32. The molecule has 2 atom stereocenters. The molecule has 1 heterocycles. The summed E-state index contributed by atoms with van der Waals surface area (Å²) in [5, 5.41) is 4.64. The second-order valence-corrected chi connectivity index (χ2v) is 7.62. The molecule has 1 aromatic rings. The summed E-state index contributed by atoms with van der Waals surface area (Å²) in [4.78, 5) is 0. The van der Waals surface area contributed by atoms with Crippen molar-refractivity contribution >= 4 is 11.8 Å². The smallest absolute Gasteiger partial charge is 0.0226 e. The van der Waals surface area contributed by atoms with Gasteiger partial charge in [0, 0.05) is 11.3 Å². The first kappa shape index (κ1) is 14.5. The van der Waals surface area contributed by atoms with Gasteiger partial charge in [-0.15, -0.1) is 0 Å². The summed E-state index contributed by atoms with van der Waals surface area (Å²) in [5.74, 6) is 1.36. The molecule has 0 radical (unpaired) electrons. The van der Waals surface area contributed by atoms with Crippen LogP contribution in [-0.2, 0) is 19.3 Å². The Morgan fingerprint density at radius 2 is 2.15 bits per heavy atom. The zero-order chi connectivity index (χ0) is 13.8. The van der Waals surface area contributed by atoms with E-state index < -0.39 is 0 Å². The van der Waals surface area contributed by atoms with Gasteiger partial charge in [0.05, 0.1) is 0 Å². The number of hydrogen-bond donors (Lipinski definition) is 1. The molecular weight excluding hydrogens is 262 g/mol. The third-order valence-electron chi connectivity index (χ3n) is 4.69. The second-order valence-electron chi connectivity index (χ2n) is 6.27. The highest BCUT2D eigenvalue weighted by Crippen LogP contribution is 2.31. The van der Waals surface area contributed by atoms with Gasteiger partial charge >= 0.3 is 0 Å². The molecule has 0 saturated carbocycles. The van der Waals surface area contributed by atoms with Gasteiger partial charge in [-0.2, -0.15) is 11.8 Å². The van der Waals surface area contributed by atoms with E-state index in [0.717, 1.165) is 11.8 Å². The maximum atomic E-state index is 3.81. The Kier molecular flexibility index (Phi) is 5.06. The molecular formula is C18H27NS. The quantitative estimate of drug-likeness (QED) is 0.850. The van der Waals surface area contributed by atoms with Crippen molar-refractivity contribution in [2.45, 2.75) is 63.2 Å². The van der Waals surface area contributed by atoms with Crippen molar-refractivity contribution in [2.24, 2.45) is 0 Å². The molecule has 3 rings (SSSR count). The Bertz CT molecular complexity index is 437. The molecule has 1 fully saturated rings. The molecule has 0 aromatic heterocycles. The molecule has 2 heteroatoms. The van der Waals surface area contributed by atoms with E-state index in [2.05, 4.69) is 42.2 Å². The van der Waals surface area contributed by atoms with E-state index in [4.69, 9.17) is 0 Å². The van der Waals surface area contributed by atoms with Crippen LogP contribution < -0.4 is 5.32 Å². The van der Waals surface area contributed by atoms with Crippen molar-refractivity contribution in [1.82, 2.24) is 5.32 Å². The minimum atomic E-state index is 0.668. The molecule has 1 aromatic carbocycles. The first-order chi connectivity index (χ1) is 9.86. The molecule has 1 nitrogen and oxygen atoms in total. The lowest BCUT2D eigenvalue weighted by Crippen LogP contribution is -2.39. The average molecular weight is 289 g/mol. The van der Waals surface area contributed by atoms with E-state index in [-0.39, 0.29) is 0 Å². The summed E-state index contributed by atoms with van der Waals surface area (Å²) in [7, 11) is 0. The number of aryl methyl sites for hydroxylation is 2. The molecule has 1 aliphatic carbocycles. The third kappa shape index (κ3) is 3.40. The van der Waals surface area contributed by atoms with Crippen molar-refractivity contribution in [1.29, 1.82) is 0 Å². The Morgan fingerprint density at radius 1 is 1.25 bits per heavy atom. The summed E-state index contributed by atoms with van der Waals surface area (Å²) in [6.07, 6.45) is 9.21. The van der Waals surface area contributed by atoms with Crippen molar-refractivity contribution in [3.05, 3.63) is 34.9 Å². The molecule has 1 N–H and O–H groups in total. The van der Waals surface area contributed by atoms with Gasteiger partial charge in [0.25, 0.3) is 0 Å². The lowest BCUT2D eigenvalue weighted by Gasteiger charge is -2.24. The molecule has 1 saturated heterocycles. The van der Waals surface area contributed by atoms with Crippen LogP contribution in [0, 0.1) is 0 Å². The minimum Gasteiger partial charge on any atom is -0.313 e.